The number of carbonyl (C=O) groups excluding carboxylic acids is 2. The lowest BCUT2D eigenvalue weighted by Gasteiger charge is -2.01. The Bertz CT molecular complexity index is 636. The Balaban J connectivity index is 1.94. The molecule has 1 aromatic heterocycles. The van der Waals surface area contributed by atoms with Gasteiger partial charge >= 0.3 is 0 Å². The Morgan fingerprint density at radius 2 is 2.20 bits per heavy atom. The van der Waals surface area contributed by atoms with E-state index in [1.54, 1.807) is 0 Å². The normalized spacial score (nSPS) is 10.7. The molecular weight excluding hydrogens is 274 g/mol. The van der Waals surface area contributed by atoms with Crippen molar-refractivity contribution in [2.75, 3.05) is 13.1 Å². The summed E-state index contributed by atoms with van der Waals surface area (Å²) in [7, 11) is 0. The minimum Gasteiger partial charge on any atom is -0.349 e. The van der Waals surface area contributed by atoms with Crippen molar-refractivity contribution in [2.45, 2.75) is 19.8 Å². The SMILES string of the molecule is Cc1ccc2nc(CC(=O)CNC(=O)CCN)sc2c1. The Morgan fingerprint density at radius 3 is 2.95 bits per heavy atom. The minimum atomic E-state index is -0.194. The summed E-state index contributed by atoms with van der Waals surface area (Å²) in [6.07, 6.45) is 0.495. The second-order valence-electron chi connectivity index (χ2n) is 4.61. The molecule has 6 heteroatoms. The summed E-state index contributed by atoms with van der Waals surface area (Å²) in [5.74, 6) is -0.244. The van der Waals surface area contributed by atoms with Gasteiger partial charge in [-0.15, -0.1) is 11.3 Å². The Hall–Kier alpha value is -1.79. The fourth-order valence-corrected chi connectivity index (χ4v) is 2.90. The summed E-state index contributed by atoms with van der Waals surface area (Å²) in [6, 6.07) is 6.02. The molecule has 0 saturated carbocycles. The highest BCUT2D eigenvalue weighted by Crippen LogP contribution is 2.23. The maximum absolute atomic E-state index is 11.8. The number of fused-ring (bicyclic) bond motifs is 1. The zero-order chi connectivity index (χ0) is 14.5. The summed E-state index contributed by atoms with van der Waals surface area (Å²) in [5, 5.41) is 3.34. The van der Waals surface area contributed by atoms with Gasteiger partial charge in [0.2, 0.25) is 5.91 Å². The van der Waals surface area contributed by atoms with Crippen LogP contribution in [0.4, 0.5) is 0 Å². The third-order valence-corrected chi connectivity index (χ3v) is 3.81. The van der Waals surface area contributed by atoms with Gasteiger partial charge in [0, 0.05) is 13.0 Å². The van der Waals surface area contributed by atoms with Crippen LogP contribution in [0.25, 0.3) is 10.2 Å². The fraction of sp³-hybridized carbons (Fsp3) is 0.357. The Labute approximate surface area is 121 Å². The lowest BCUT2D eigenvalue weighted by atomic mass is 10.2. The summed E-state index contributed by atoms with van der Waals surface area (Å²) in [6.45, 7) is 2.35. The number of nitrogens with zero attached hydrogens (tertiary/aromatic N) is 1. The molecule has 0 aliphatic heterocycles. The van der Waals surface area contributed by atoms with E-state index in [2.05, 4.69) is 16.4 Å². The number of amides is 1. The number of rotatable bonds is 6. The highest BCUT2D eigenvalue weighted by Gasteiger charge is 2.10. The van der Waals surface area contributed by atoms with Crippen LogP contribution < -0.4 is 11.1 Å². The summed E-state index contributed by atoms with van der Waals surface area (Å²) in [5.41, 5.74) is 7.35. The highest BCUT2D eigenvalue weighted by atomic mass is 32.1. The molecule has 0 aliphatic carbocycles. The van der Waals surface area contributed by atoms with Crippen LogP contribution in [-0.2, 0) is 16.0 Å². The molecule has 2 rings (SSSR count). The van der Waals surface area contributed by atoms with Gasteiger partial charge in [0.05, 0.1) is 23.2 Å². The standard InChI is InChI=1S/C14H17N3O2S/c1-9-2-3-11-12(6-9)20-14(17-11)7-10(18)8-16-13(19)4-5-15/h2-3,6H,4-5,7-8,15H2,1H3,(H,16,19). The zero-order valence-corrected chi connectivity index (χ0v) is 12.1. The molecule has 0 spiro atoms. The van der Waals surface area contributed by atoms with Crippen molar-refractivity contribution in [3.05, 3.63) is 28.8 Å². The van der Waals surface area contributed by atoms with E-state index in [1.807, 2.05) is 19.1 Å². The predicted octanol–water partition coefficient (Wildman–Crippen LogP) is 1.18. The van der Waals surface area contributed by atoms with Gasteiger partial charge in [-0.05, 0) is 24.6 Å². The van der Waals surface area contributed by atoms with Crippen molar-refractivity contribution in [3.8, 4) is 0 Å². The van der Waals surface area contributed by atoms with Crippen molar-refractivity contribution < 1.29 is 9.59 Å². The fourth-order valence-electron chi connectivity index (χ4n) is 1.80. The number of aryl methyl sites for hydroxylation is 1. The van der Waals surface area contributed by atoms with E-state index < -0.39 is 0 Å². The van der Waals surface area contributed by atoms with Crippen LogP contribution in [0.5, 0.6) is 0 Å². The van der Waals surface area contributed by atoms with Crippen molar-refractivity contribution in [1.82, 2.24) is 10.3 Å². The van der Waals surface area contributed by atoms with Crippen LogP contribution in [-0.4, -0.2) is 29.8 Å². The molecule has 20 heavy (non-hydrogen) atoms. The van der Waals surface area contributed by atoms with E-state index >= 15 is 0 Å². The van der Waals surface area contributed by atoms with Gasteiger partial charge in [-0.3, -0.25) is 9.59 Å². The first kappa shape index (κ1) is 14.6. The van der Waals surface area contributed by atoms with Crippen LogP contribution >= 0.6 is 11.3 Å². The Kier molecular flexibility index (Phi) is 4.81. The van der Waals surface area contributed by atoms with Crippen molar-refractivity contribution in [2.24, 2.45) is 5.73 Å². The van der Waals surface area contributed by atoms with E-state index in [4.69, 9.17) is 5.73 Å². The molecule has 106 valence electrons. The molecule has 1 aromatic carbocycles. The Morgan fingerprint density at radius 1 is 1.40 bits per heavy atom. The molecule has 0 aliphatic rings. The molecule has 3 N–H and O–H groups in total. The average Bonchev–Trinajstić information content (AvgIpc) is 2.78. The molecule has 0 saturated heterocycles. The van der Waals surface area contributed by atoms with E-state index in [0.29, 0.717) is 0 Å². The first-order valence-electron chi connectivity index (χ1n) is 6.43. The van der Waals surface area contributed by atoms with Crippen molar-refractivity contribution >= 4 is 33.2 Å². The molecule has 5 nitrogen and oxygen atoms in total. The number of thiazole rings is 1. The largest absolute Gasteiger partial charge is 0.349 e. The van der Waals surface area contributed by atoms with E-state index in [-0.39, 0.29) is 37.6 Å². The smallest absolute Gasteiger partial charge is 0.221 e. The average molecular weight is 291 g/mol. The first-order chi connectivity index (χ1) is 9.58. The lowest BCUT2D eigenvalue weighted by molar-refractivity contribution is -0.124. The molecule has 1 amide bonds. The van der Waals surface area contributed by atoms with Crippen LogP contribution in [0.3, 0.4) is 0 Å². The lowest BCUT2D eigenvalue weighted by Crippen LogP contribution is -2.31. The van der Waals surface area contributed by atoms with Crippen LogP contribution in [0.2, 0.25) is 0 Å². The number of nitrogens with two attached hydrogens (primary N) is 1. The van der Waals surface area contributed by atoms with Gasteiger partial charge in [0.15, 0.2) is 5.78 Å². The number of Topliss-reactive ketones (excluding diaryl/α,β-unsaturated/α-hetero) is 1. The number of ketones is 1. The van der Waals surface area contributed by atoms with E-state index in [9.17, 15) is 9.59 Å². The highest BCUT2D eigenvalue weighted by molar-refractivity contribution is 7.18. The third kappa shape index (κ3) is 3.85. The predicted molar refractivity (Wildman–Crippen MR) is 79.7 cm³/mol. The van der Waals surface area contributed by atoms with Gasteiger partial charge in [-0.2, -0.15) is 0 Å². The number of benzene rings is 1. The molecule has 0 radical (unpaired) electrons. The van der Waals surface area contributed by atoms with Crippen LogP contribution in [0, 0.1) is 6.92 Å². The van der Waals surface area contributed by atoms with Gasteiger partial charge in [0.25, 0.3) is 0 Å². The maximum atomic E-state index is 11.8. The maximum Gasteiger partial charge on any atom is 0.221 e. The monoisotopic (exact) mass is 291 g/mol. The topological polar surface area (TPSA) is 85.1 Å². The minimum absolute atomic E-state index is 0.0355. The number of carbonyl (C=O) groups is 2. The van der Waals surface area contributed by atoms with Crippen LogP contribution in [0.1, 0.15) is 17.0 Å². The second-order valence-corrected chi connectivity index (χ2v) is 5.72. The van der Waals surface area contributed by atoms with Gasteiger partial charge < -0.3 is 11.1 Å². The van der Waals surface area contributed by atoms with Gasteiger partial charge in [-0.25, -0.2) is 4.98 Å². The molecule has 1 heterocycles. The van der Waals surface area contributed by atoms with Crippen molar-refractivity contribution in [3.63, 3.8) is 0 Å². The number of hydrogen-bond donors (Lipinski definition) is 2. The summed E-state index contributed by atoms with van der Waals surface area (Å²) < 4.78 is 1.08. The van der Waals surface area contributed by atoms with E-state index in [1.165, 1.54) is 16.9 Å². The first-order valence-corrected chi connectivity index (χ1v) is 7.24. The summed E-state index contributed by atoms with van der Waals surface area (Å²) >= 11 is 1.52. The quantitative estimate of drug-likeness (QED) is 0.837. The molecule has 0 unspecified atom stereocenters. The van der Waals surface area contributed by atoms with E-state index in [0.717, 1.165) is 15.2 Å². The van der Waals surface area contributed by atoms with Gasteiger partial charge in [-0.1, -0.05) is 6.07 Å². The van der Waals surface area contributed by atoms with Crippen LogP contribution in [0.15, 0.2) is 18.2 Å². The number of hydrogen-bond acceptors (Lipinski definition) is 5. The van der Waals surface area contributed by atoms with Crippen molar-refractivity contribution in [1.29, 1.82) is 0 Å². The molecule has 2 aromatic rings. The molecule has 0 atom stereocenters. The number of aromatic nitrogens is 1. The second kappa shape index (κ2) is 6.58. The third-order valence-electron chi connectivity index (χ3n) is 2.79. The molecule has 0 bridgehead atoms. The summed E-state index contributed by atoms with van der Waals surface area (Å²) in [4.78, 5) is 27.4. The molecule has 0 fully saturated rings. The molecular formula is C14H17N3O2S. The number of nitrogens with one attached hydrogen (secondary N) is 1. The zero-order valence-electron chi connectivity index (χ0n) is 11.3. The van der Waals surface area contributed by atoms with Gasteiger partial charge in [0.1, 0.15) is 5.01 Å².